The van der Waals surface area contributed by atoms with Crippen LogP contribution in [0.25, 0.3) is 0 Å². The zero-order chi connectivity index (χ0) is 14.0. The van der Waals surface area contributed by atoms with Crippen LogP contribution in [0.5, 0.6) is 0 Å². The van der Waals surface area contributed by atoms with E-state index in [4.69, 9.17) is 4.52 Å². The van der Waals surface area contributed by atoms with Gasteiger partial charge in [0.05, 0.1) is 0 Å². The maximum Gasteiger partial charge on any atom is 0.224 e. The van der Waals surface area contributed by atoms with Crippen LogP contribution in [0.4, 0.5) is 0 Å². The normalized spacial score (nSPS) is 22.9. The van der Waals surface area contributed by atoms with Gasteiger partial charge >= 0.3 is 0 Å². The van der Waals surface area contributed by atoms with Crippen molar-refractivity contribution in [3.8, 4) is 0 Å². The van der Waals surface area contributed by atoms with Crippen LogP contribution < -0.4 is 10.6 Å². The summed E-state index contributed by atoms with van der Waals surface area (Å²) in [5.74, 6) is 1.47. The molecular weight excluding hydrogens is 256 g/mol. The lowest BCUT2D eigenvalue weighted by Gasteiger charge is -2.30. The summed E-state index contributed by atoms with van der Waals surface area (Å²) in [7, 11) is 0. The molecule has 1 amide bonds. The number of aromatic nitrogens is 2. The third kappa shape index (κ3) is 2.57. The van der Waals surface area contributed by atoms with E-state index >= 15 is 0 Å². The Bertz CT molecular complexity index is 473. The summed E-state index contributed by atoms with van der Waals surface area (Å²) in [6.45, 7) is 3.63. The van der Waals surface area contributed by atoms with E-state index in [1.54, 1.807) is 6.92 Å². The summed E-state index contributed by atoms with van der Waals surface area (Å²) >= 11 is 0. The summed E-state index contributed by atoms with van der Waals surface area (Å²) in [6.07, 6.45) is 5.83. The van der Waals surface area contributed by atoms with Gasteiger partial charge in [0.25, 0.3) is 0 Å². The van der Waals surface area contributed by atoms with Crippen molar-refractivity contribution < 1.29 is 9.32 Å². The quantitative estimate of drug-likeness (QED) is 0.870. The lowest BCUT2D eigenvalue weighted by Crippen LogP contribution is -2.48. The molecule has 20 heavy (non-hydrogen) atoms. The molecule has 1 aliphatic carbocycles. The topological polar surface area (TPSA) is 80.0 Å². The summed E-state index contributed by atoms with van der Waals surface area (Å²) in [6, 6.07) is 0. The van der Waals surface area contributed by atoms with Crippen molar-refractivity contribution in [3.63, 3.8) is 0 Å². The number of piperidine rings is 1. The first-order valence-corrected chi connectivity index (χ1v) is 7.53. The molecule has 6 nitrogen and oxygen atoms in total. The first-order valence-electron chi connectivity index (χ1n) is 7.53. The van der Waals surface area contributed by atoms with Crippen molar-refractivity contribution in [2.45, 2.75) is 51.0 Å². The lowest BCUT2D eigenvalue weighted by molar-refractivity contribution is -0.128. The molecule has 0 atom stereocenters. The monoisotopic (exact) mass is 278 g/mol. The summed E-state index contributed by atoms with van der Waals surface area (Å²) < 4.78 is 5.11. The van der Waals surface area contributed by atoms with Crippen LogP contribution in [0.1, 0.15) is 50.2 Å². The molecule has 0 radical (unpaired) electrons. The van der Waals surface area contributed by atoms with Gasteiger partial charge in [-0.3, -0.25) is 4.79 Å². The third-order valence-electron chi connectivity index (χ3n) is 4.49. The zero-order valence-electron chi connectivity index (χ0n) is 11.9. The predicted octanol–water partition coefficient (Wildman–Crippen LogP) is 1.26. The highest BCUT2D eigenvalue weighted by Crippen LogP contribution is 2.37. The molecule has 6 heteroatoms. The third-order valence-corrected chi connectivity index (χ3v) is 4.49. The fourth-order valence-corrected chi connectivity index (χ4v) is 3.30. The van der Waals surface area contributed by atoms with Crippen molar-refractivity contribution in [2.75, 3.05) is 13.1 Å². The van der Waals surface area contributed by atoms with E-state index in [1.807, 2.05) is 0 Å². The van der Waals surface area contributed by atoms with E-state index in [-0.39, 0.29) is 11.8 Å². The number of nitrogens with one attached hydrogen (secondary N) is 2. The van der Waals surface area contributed by atoms with Crippen molar-refractivity contribution in [1.82, 2.24) is 20.8 Å². The molecule has 2 aliphatic rings. The average molecular weight is 278 g/mol. The van der Waals surface area contributed by atoms with Gasteiger partial charge in [-0.2, -0.15) is 4.98 Å². The first-order chi connectivity index (χ1) is 9.70. The second-order valence-corrected chi connectivity index (χ2v) is 5.94. The van der Waals surface area contributed by atoms with Gasteiger partial charge < -0.3 is 15.2 Å². The maximum atomic E-state index is 12.5. The molecule has 0 unspecified atom stereocenters. The average Bonchev–Trinajstić information content (AvgIpc) is 3.10. The Kier molecular flexibility index (Phi) is 3.74. The molecule has 2 N–H and O–H groups in total. The lowest BCUT2D eigenvalue weighted by atomic mass is 9.92. The second kappa shape index (κ2) is 5.52. The SMILES string of the molecule is Cc1nc(C2(NC(=O)C3CCNCC3)CCCC2)no1. The number of amides is 1. The predicted molar refractivity (Wildman–Crippen MR) is 72.9 cm³/mol. The maximum absolute atomic E-state index is 12.5. The molecule has 2 fully saturated rings. The van der Waals surface area contributed by atoms with E-state index in [2.05, 4.69) is 20.8 Å². The standard InChI is InChI=1S/C14H22N4O2/c1-10-16-13(18-20-10)14(6-2-3-7-14)17-12(19)11-4-8-15-9-5-11/h11,15H,2-9H2,1H3,(H,17,19). The van der Waals surface area contributed by atoms with Crippen LogP contribution in [0.15, 0.2) is 4.52 Å². The molecule has 1 aliphatic heterocycles. The van der Waals surface area contributed by atoms with Crippen LogP contribution in [0, 0.1) is 12.8 Å². The van der Waals surface area contributed by atoms with Gasteiger partial charge in [0, 0.05) is 12.8 Å². The minimum absolute atomic E-state index is 0.113. The van der Waals surface area contributed by atoms with E-state index < -0.39 is 5.54 Å². The summed E-state index contributed by atoms with van der Waals surface area (Å²) in [5, 5.41) is 10.6. The van der Waals surface area contributed by atoms with Crippen LogP contribution in [0.3, 0.4) is 0 Å². The smallest absolute Gasteiger partial charge is 0.224 e. The van der Waals surface area contributed by atoms with Gasteiger partial charge in [0.2, 0.25) is 11.8 Å². The fraction of sp³-hybridized carbons (Fsp3) is 0.786. The summed E-state index contributed by atoms with van der Waals surface area (Å²) in [5.41, 5.74) is -0.403. The number of hydrogen-bond acceptors (Lipinski definition) is 5. The fourth-order valence-electron chi connectivity index (χ4n) is 3.30. The second-order valence-electron chi connectivity index (χ2n) is 5.94. The van der Waals surface area contributed by atoms with Gasteiger partial charge in [-0.25, -0.2) is 0 Å². The van der Waals surface area contributed by atoms with Gasteiger partial charge in [0.1, 0.15) is 5.54 Å². The zero-order valence-corrected chi connectivity index (χ0v) is 11.9. The molecule has 1 saturated carbocycles. The molecule has 3 rings (SSSR count). The number of hydrogen-bond donors (Lipinski definition) is 2. The van der Waals surface area contributed by atoms with Crippen molar-refractivity contribution >= 4 is 5.91 Å². The highest BCUT2D eigenvalue weighted by molar-refractivity contribution is 5.79. The Morgan fingerprint density at radius 1 is 1.35 bits per heavy atom. The van der Waals surface area contributed by atoms with Gasteiger partial charge in [-0.15, -0.1) is 0 Å². The highest BCUT2D eigenvalue weighted by Gasteiger charge is 2.42. The number of rotatable bonds is 3. The van der Waals surface area contributed by atoms with Gasteiger partial charge in [-0.1, -0.05) is 18.0 Å². The Labute approximate surface area is 118 Å². The number of carbonyl (C=O) groups excluding carboxylic acids is 1. The van der Waals surface area contributed by atoms with Crippen molar-refractivity contribution in [2.24, 2.45) is 5.92 Å². The van der Waals surface area contributed by atoms with E-state index in [1.165, 1.54) is 0 Å². The Morgan fingerprint density at radius 2 is 2.05 bits per heavy atom. The number of nitrogens with zero attached hydrogens (tertiary/aromatic N) is 2. The Morgan fingerprint density at radius 3 is 2.65 bits per heavy atom. The number of carbonyl (C=O) groups is 1. The Hall–Kier alpha value is -1.43. The highest BCUT2D eigenvalue weighted by atomic mass is 16.5. The van der Waals surface area contributed by atoms with Gasteiger partial charge in [-0.05, 0) is 38.8 Å². The Balaban J connectivity index is 1.75. The van der Waals surface area contributed by atoms with E-state index in [0.717, 1.165) is 51.6 Å². The molecule has 1 saturated heterocycles. The molecule has 0 bridgehead atoms. The molecule has 1 aromatic rings. The van der Waals surface area contributed by atoms with E-state index in [0.29, 0.717) is 11.7 Å². The van der Waals surface area contributed by atoms with Crippen molar-refractivity contribution in [1.29, 1.82) is 0 Å². The minimum atomic E-state index is -0.403. The van der Waals surface area contributed by atoms with Crippen LogP contribution in [-0.4, -0.2) is 29.1 Å². The largest absolute Gasteiger partial charge is 0.343 e. The van der Waals surface area contributed by atoms with E-state index in [9.17, 15) is 4.79 Å². The number of aryl methyl sites for hydroxylation is 1. The van der Waals surface area contributed by atoms with Crippen LogP contribution >= 0.6 is 0 Å². The summed E-state index contributed by atoms with van der Waals surface area (Å²) in [4.78, 5) is 16.9. The molecule has 110 valence electrons. The molecular formula is C14H22N4O2. The molecule has 2 heterocycles. The first kappa shape index (κ1) is 13.5. The van der Waals surface area contributed by atoms with Crippen LogP contribution in [0.2, 0.25) is 0 Å². The van der Waals surface area contributed by atoms with Crippen LogP contribution in [-0.2, 0) is 10.3 Å². The minimum Gasteiger partial charge on any atom is -0.343 e. The van der Waals surface area contributed by atoms with Crippen molar-refractivity contribution in [3.05, 3.63) is 11.7 Å². The molecule has 1 aromatic heterocycles. The molecule has 0 aromatic carbocycles. The molecule has 0 spiro atoms. The van der Waals surface area contributed by atoms with Gasteiger partial charge in [0.15, 0.2) is 5.82 Å².